The molecule has 9 heteroatoms. The summed E-state index contributed by atoms with van der Waals surface area (Å²) in [6.07, 6.45) is 1.42. The van der Waals surface area contributed by atoms with Gasteiger partial charge < -0.3 is 9.47 Å². The van der Waals surface area contributed by atoms with E-state index in [2.05, 4.69) is 26.5 Å². The van der Waals surface area contributed by atoms with Gasteiger partial charge in [-0.05, 0) is 64.0 Å². The first-order valence-corrected chi connectivity index (χ1v) is 10.4. The summed E-state index contributed by atoms with van der Waals surface area (Å²) in [5.41, 5.74) is 3.25. The zero-order valence-corrected chi connectivity index (χ0v) is 18.9. The predicted octanol–water partition coefficient (Wildman–Crippen LogP) is 5.50. The molecule has 0 aliphatic rings. The van der Waals surface area contributed by atoms with Gasteiger partial charge >= 0.3 is 5.97 Å². The topological polar surface area (TPSA) is 77.0 Å². The largest absolute Gasteiger partial charge is 0.483 e. The molecule has 0 bridgehead atoms. The van der Waals surface area contributed by atoms with E-state index in [9.17, 15) is 9.59 Å². The lowest BCUT2D eigenvalue weighted by Gasteiger charge is -2.07. The minimum Gasteiger partial charge on any atom is -0.483 e. The molecule has 0 radical (unpaired) electrons. The molecule has 0 heterocycles. The summed E-state index contributed by atoms with van der Waals surface area (Å²) in [6, 6.07) is 18.3. The molecular weight excluding hydrogens is 507 g/mol. The van der Waals surface area contributed by atoms with Crippen LogP contribution in [0.2, 0.25) is 10.0 Å². The van der Waals surface area contributed by atoms with Gasteiger partial charge in [0.15, 0.2) is 6.61 Å². The second-order valence-corrected chi connectivity index (χ2v) is 7.80. The number of hydrazone groups is 1. The molecule has 0 atom stereocenters. The van der Waals surface area contributed by atoms with Crippen LogP contribution in [0.1, 0.15) is 15.9 Å². The van der Waals surface area contributed by atoms with Gasteiger partial charge in [0.05, 0.1) is 21.3 Å². The minimum atomic E-state index is -0.571. The number of nitrogens with zero attached hydrogens (tertiary/aromatic N) is 1. The molecular formula is C22H15BrCl2N2O4. The summed E-state index contributed by atoms with van der Waals surface area (Å²) in [6.45, 7) is -0.229. The van der Waals surface area contributed by atoms with Crippen molar-refractivity contribution in [3.8, 4) is 11.5 Å². The molecule has 3 rings (SSSR count). The number of carbonyl (C=O) groups is 2. The van der Waals surface area contributed by atoms with Crippen LogP contribution < -0.4 is 14.9 Å². The van der Waals surface area contributed by atoms with E-state index in [4.69, 9.17) is 32.7 Å². The molecule has 0 aliphatic carbocycles. The van der Waals surface area contributed by atoms with Gasteiger partial charge in [-0.2, -0.15) is 5.10 Å². The van der Waals surface area contributed by atoms with Crippen molar-refractivity contribution < 1.29 is 19.1 Å². The second-order valence-electron chi connectivity index (χ2n) is 6.10. The Hall–Kier alpha value is -2.87. The summed E-state index contributed by atoms with van der Waals surface area (Å²) in [5.74, 6) is -0.217. The molecule has 158 valence electrons. The van der Waals surface area contributed by atoms with Crippen LogP contribution in [-0.4, -0.2) is 24.7 Å². The summed E-state index contributed by atoms with van der Waals surface area (Å²) in [4.78, 5) is 24.2. The van der Waals surface area contributed by atoms with Gasteiger partial charge in [-0.15, -0.1) is 0 Å². The van der Waals surface area contributed by atoms with Crippen molar-refractivity contribution in [1.82, 2.24) is 5.43 Å². The number of rotatable bonds is 7. The highest BCUT2D eigenvalue weighted by Gasteiger charge is 2.12. The molecule has 0 aromatic heterocycles. The summed E-state index contributed by atoms with van der Waals surface area (Å²) >= 11 is 15.2. The Kier molecular flexibility index (Phi) is 8.06. The molecule has 0 saturated carbocycles. The van der Waals surface area contributed by atoms with Gasteiger partial charge in [-0.1, -0.05) is 47.5 Å². The first-order chi connectivity index (χ1) is 14.9. The number of halogens is 3. The Bertz CT molecular complexity index is 1140. The van der Waals surface area contributed by atoms with Crippen LogP contribution in [-0.2, 0) is 4.79 Å². The highest BCUT2D eigenvalue weighted by atomic mass is 79.9. The monoisotopic (exact) mass is 520 g/mol. The Balaban J connectivity index is 1.53. The summed E-state index contributed by atoms with van der Waals surface area (Å²) in [5, 5.41) is 4.74. The molecule has 0 fully saturated rings. The van der Waals surface area contributed by atoms with Crippen LogP contribution in [0.25, 0.3) is 0 Å². The fraction of sp³-hybridized carbons (Fsp3) is 0.0455. The molecule has 3 aromatic rings. The van der Waals surface area contributed by atoms with Crippen LogP contribution in [0.15, 0.2) is 76.3 Å². The molecule has 0 unspecified atom stereocenters. The van der Waals surface area contributed by atoms with Crippen LogP contribution in [0.4, 0.5) is 0 Å². The predicted molar refractivity (Wildman–Crippen MR) is 123 cm³/mol. The molecule has 0 spiro atoms. The number of amides is 1. The molecule has 31 heavy (non-hydrogen) atoms. The lowest BCUT2D eigenvalue weighted by molar-refractivity contribution is -0.123. The van der Waals surface area contributed by atoms with Gasteiger partial charge in [0, 0.05) is 5.02 Å². The molecule has 0 aliphatic heterocycles. The van der Waals surface area contributed by atoms with Crippen LogP contribution in [0.5, 0.6) is 11.5 Å². The zero-order valence-electron chi connectivity index (χ0n) is 15.8. The SMILES string of the molecule is O=C(COc1ccc(Cl)cc1Br)N/N=C\c1cccc(OC(=O)c2ccccc2Cl)c1. The first-order valence-electron chi connectivity index (χ1n) is 8.89. The van der Waals surface area contributed by atoms with Gasteiger partial charge in [0.2, 0.25) is 0 Å². The molecule has 0 saturated heterocycles. The van der Waals surface area contributed by atoms with Gasteiger partial charge in [0.25, 0.3) is 5.91 Å². The van der Waals surface area contributed by atoms with Crippen molar-refractivity contribution in [3.63, 3.8) is 0 Å². The standard InChI is InChI=1S/C22H15BrCl2N2O4/c23-18-11-15(24)8-9-20(18)30-13-21(28)27-26-12-14-4-3-5-16(10-14)31-22(29)17-6-1-2-7-19(17)25/h1-12H,13H2,(H,27,28)/b26-12-. The maximum Gasteiger partial charge on any atom is 0.345 e. The van der Waals surface area contributed by atoms with Crippen molar-refractivity contribution in [2.75, 3.05) is 6.61 Å². The number of carbonyl (C=O) groups excluding carboxylic acids is 2. The Morgan fingerprint density at radius 3 is 2.61 bits per heavy atom. The van der Waals surface area contributed by atoms with E-state index in [1.807, 2.05) is 0 Å². The number of nitrogens with one attached hydrogen (secondary N) is 1. The van der Waals surface area contributed by atoms with E-state index >= 15 is 0 Å². The summed E-state index contributed by atoms with van der Waals surface area (Å²) in [7, 11) is 0. The Morgan fingerprint density at radius 2 is 1.84 bits per heavy atom. The molecule has 1 amide bonds. The molecule has 6 nitrogen and oxygen atoms in total. The van der Waals surface area contributed by atoms with Crippen LogP contribution >= 0.6 is 39.1 Å². The van der Waals surface area contributed by atoms with Crippen molar-refractivity contribution >= 4 is 57.2 Å². The maximum absolute atomic E-state index is 12.3. The molecule has 3 aromatic carbocycles. The van der Waals surface area contributed by atoms with E-state index < -0.39 is 11.9 Å². The van der Waals surface area contributed by atoms with E-state index in [1.54, 1.807) is 66.7 Å². The van der Waals surface area contributed by atoms with E-state index in [-0.39, 0.29) is 12.2 Å². The van der Waals surface area contributed by atoms with Gasteiger partial charge in [0.1, 0.15) is 11.5 Å². The van der Waals surface area contributed by atoms with Crippen molar-refractivity contribution in [1.29, 1.82) is 0 Å². The van der Waals surface area contributed by atoms with Crippen molar-refractivity contribution in [2.45, 2.75) is 0 Å². The molecule has 1 N–H and O–H groups in total. The first kappa shape index (κ1) is 22.8. The van der Waals surface area contributed by atoms with E-state index in [0.29, 0.717) is 31.6 Å². The Morgan fingerprint density at radius 1 is 1.03 bits per heavy atom. The van der Waals surface area contributed by atoms with E-state index in [0.717, 1.165) is 0 Å². The van der Waals surface area contributed by atoms with Crippen molar-refractivity contribution in [2.24, 2.45) is 5.10 Å². The number of hydrogen-bond acceptors (Lipinski definition) is 5. The number of ether oxygens (including phenoxy) is 2. The van der Waals surface area contributed by atoms with Gasteiger partial charge in [-0.25, -0.2) is 10.2 Å². The van der Waals surface area contributed by atoms with Crippen LogP contribution in [0.3, 0.4) is 0 Å². The van der Waals surface area contributed by atoms with E-state index in [1.165, 1.54) is 6.21 Å². The third-order valence-corrected chi connectivity index (χ3v) is 5.00. The summed E-state index contributed by atoms with van der Waals surface area (Å²) < 4.78 is 11.4. The van der Waals surface area contributed by atoms with Crippen LogP contribution in [0, 0.1) is 0 Å². The minimum absolute atomic E-state index is 0.229. The Labute approximate surface area is 196 Å². The average Bonchev–Trinajstić information content (AvgIpc) is 2.73. The maximum atomic E-state index is 12.3. The number of hydrogen-bond donors (Lipinski definition) is 1. The smallest absolute Gasteiger partial charge is 0.345 e. The number of benzene rings is 3. The van der Waals surface area contributed by atoms with Crippen molar-refractivity contribution in [3.05, 3.63) is 92.4 Å². The highest BCUT2D eigenvalue weighted by Crippen LogP contribution is 2.27. The fourth-order valence-electron chi connectivity index (χ4n) is 2.39. The average molecular weight is 522 g/mol. The normalized spacial score (nSPS) is 10.7. The lowest BCUT2D eigenvalue weighted by atomic mass is 10.2. The quantitative estimate of drug-likeness (QED) is 0.192. The number of esters is 1. The third-order valence-electron chi connectivity index (χ3n) is 3.82. The zero-order chi connectivity index (χ0) is 22.2. The van der Waals surface area contributed by atoms with Gasteiger partial charge in [-0.3, -0.25) is 4.79 Å². The third kappa shape index (κ3) is 6.82. The highest BCUT2D eigenvalue weighted by molar-refractivity contribution is 9.10. The lowest BCUT2D eigenvalue weighted by Crippen LogP contribution is -2.24. The fourth-order valence-corrected chi connectivity index (χ4v) is 3.40. The second kappa shape index (κ2) is 10.9.